The molecule has 0 aliphatic carbocycles. The number of benzene rings is 2. The number of halogens is 6. The van der Waals surface area contributed by atoms with Gasteiger partial charge in [0.2, 0.25) is 0 Å². The fourth-order valence-electron chi connectivity index (χ4n) is 1.75. The Morgan fingerprint density at radius 2 is 1.71 bits per heavy atom. The number of carbonyl (C=O) groups is 1. The quantitative estimate of drug-likeness (QED) is 0.727. The van der Waals surface area contributed by atoms with Gasteiger partial charge in [0.15, 0.2) is 6.61 Å². The molecule has 0 aromatic heterocycles. The minimum Gasteiger partial charge on any atom is -0.482 e. The lowest BCUT2D eigenvalue weighted by atomic mass is 10.2. The lowest BCUT2D eigenvalue weighted by Crippen LogP contribution is -2.20. The summed E-state index contributed by atoms with van der Waals surface area (Å²) in [6, 6.07) is 6.99. The Morgan fingerprint density at radius 1 is 1.08 bits per heavy atom. The smallest absolute Gasteiger partial charge is 0.422 e. The SMILES string of the molecule is O=C(Nc1cc(Cl)ccc1OCC(F)(F)F)c1cc(Cl)ccc1F. The molecule has 128 valence electrons. The molecule has 2 rings (SSSR count). The summed E-state index contributed by atoms with van der Waals surface area (Å²) in [7, 11) is 0. The van der Waals surface area contributed by atoms with E-state index in [9.17, 15) is 22.4 Å². The van der Waals surface area contributed by atoms with Gasteiger partial charge in [0.25, 0.3) is 5.91 Å². The number of alkyl halides is 3. The van der Waals surface area contributed by atoms with Crippen LogP contribution < -0.4 is 10.1 Å². The summed E-state index contributed by atoms with van der Waals surface area (Å²) in [4.78, 5) is 12.1. The molecule has 0 saturated heterocycles. The molecule has 0 atom stereocenters. The maximum absolute atomic E-state index is 13.7. The van der Waals surface area contributed by atoms with Gasteiger partial charge in [-0.1, -0.05) is 23.2 Å². The average Bonchev–Trinajstić information content (AvgIpc) is 2.48. The molecule has 0 bridgehead atoms. The van der Waals surface area contributed by atoms with Gasteiger partial charge < -0.3 is 10.1 Å². The molecule has 9 heteroatoms. The summed E-state index contributed by atoms with van der Waals surface area (Å²) in [5.74, 6) is -2.00. The van der Waals surface area contributed by atoms with Crippen LogP contribution in [-0.2, 0) is 0 Å². The molecule has 3 nitrogen and oxygen atoms in total. The van der Waals surface area contributed by atoms with Crippen molar-refractivity contribution in [3.05, 3.63) is 57.8 Å². The predicted molar refractivity (Wildman–Crippen MR) is 82.4 cm³/mol. The lowest BCUT2D eigenvalue weighted by Gasteiger charge is -2.14. The van der Waals surface area contributed by atoms with Crippen molar-refractivity contribution in [2.75, 3.05) is 11.9 Å². The largest absolute Gasteiger partial charge is 0.482 e. The molecule has 0 radical (unpaired) electrons. The van der Waals surface area contributed by atoms with Crippen LogP contribution in [0, 0.1) is 5.82 Å². The van der Waals surface area contributed by atoms with Gasteiger partial charge in [0, 0.05) is 10.0 Å². The van der Waals surface area contributed by atoms with E-state index >= 15 is 0 Å². The fraction of sp³-hybridized carbons (Fsp3) is 0.133. The first kappa shape index (κ1) is 18.4. The number of amides is 1. The molecule has 1 amide bonds. The Hall–Kier alpha value is -1.99. The first-order chi connectivity index (χ1) is 11.2. The highest BCUT2D eigenvalue weighted by molar-refractivity contribution is 6.31. The molecule has 0 heterocycles. The molecule has 2 aromatic carbocycles. The van der Waals surface area contributed by atoms with E-state index in [0.717, 1.165) is 18.2 Å². The van der Waals surface area contributed by atoms with Crippen molar-refractivity contribution in [3.63, 3.8) is 0 Å². The molecule has 0 spiro atoms. The number of hydrogen-bond acceptors (Lipinski definition) is 2. The summed E-state index contributed by atoms with van der Waals surface area (Å²) in [5.41, 5.74) is -0.500. The standard InChI is InChI=1S/C15H9Cl2F4NO2/c16-8-1-3-11(18)10(5-8)14(23)22-12-6-9(17)2-4-13(12)24-7-15(19,20)21/h1-6H,7H2,(H,22,23). The molecule has 24 heavy (non-hydrogen) atoms. The zero-order valence-corrected chi connectivity index (χ0v) is 13.3. The Balaban J connectivity index is 2.26. The highest BCUT2D eigenvalue weighted by atomic mass is 35.5. The Bertz CT molecular complexity index is 766. The topological polar surface area (TPSA) is 38.3 Å². The maximum atomic E-state index is 13.7. The number of hydrogen-bond donors (Lipinski definition) is 1. The van der Waals surface area contributed by atoms with E-state index in [4.69, 9.17) is 23.2 Å². The number of ether oxygens (including phenoxy) is 1. The van der Waals surface area contributed by atoms with Crippen molar-refractivity contribution in [2.45, 2.75) is 6.18 Å². The van der Waals surface area contributed by atoms with Crippen molar-refractivity contribution in [1.29, 1.82) is 0 Å². The van der Waals surface area contributed by atoms with Gasteiger partial charge >= 0.3 is 6.18 Å². The van der Waals surface area contributed by atoms with E-state index < -0.39 is 24.5 Å². The zero-order chi connectivity index (χ0) is 17.9. The third-order valence-electron chi connectivity index (χ3n) is 2.75. The molecule has 0 unspecified atom stereocenters. The van der Waals surface area contributed by atoms with Crippen molar-refractivity contribution in [3.8, 4) is 5.75 Å². The highest BCUT2D eigenvalue weighted by Gasteiger charge is 2.29. The van der Waals surface area contributed by atoms with Crippen LogP contribution in [0.5, 0.6) is 5.75 Å². The van der Waals surface area contributed by atoms with Gasteiger partial charge in [0.05, 0.1) is 11.3 Å². The van der Waals surface area contributed by atoms with Crippen LogP contribution in [0.2, 0.25) is 10.0 Å². The molecule has 0 aliphatic rings. The van der Waals surface area contributed by atoms with Gasteiger partial charge in [-0.25, -0.2) is 4.39 Å². The number of rotatable bonds is 4. The highest BCUT2D eigenvalue weighted by Crippen LogP contribution is 2.30. The van der Waals surface area contributed by atoms with Gasteiger partial charge in [-0.15, -0.1) is 0 Å². The average molecular weight is 382 g/mol. The van der Waals surface area contributed by atoms with Crippen LogP contribution in [-0.4, -0.2) is 18.7 Å². The minimum atomic E-state index is -4.56. The van der Waals surface area contributed by atoms with Crippen LogP contribution in [0.25, 0.3) is 0 Å². The van der Waals surface area contributed by atoms with Crippen LogP contribution in [0.4, 0.5) is 23.2 Å². The van der Waals surface area contributed by atoms with Crippen molar-refractivity contribution in [1.82, 2.24) is 0 Å². The van der Waals surface area contributed by atoms with Crippen LogP contribution in [0.1, 0.15) is 10.4 Å². The van der Waals surface area contributed by atoms with Crippen molar-refractivity contribution >= 4 is 34.8 Å². The van der Waals surface area contributed by atoms with Crippen LogP contribution in [0.15, 0.2) is 36.4 Å². The zero-order valence-electron chi connectivity index (χ0n) is 11.8. The predicted octanol–water partition coefficient (Wildman–Crippen LogP) is 5.33. The third kappa shape index (κ3) is 5.01. The molecule has 0 saturated carbocycles. The normalized spacial score (nSPS) is 11.2. The molecular formula is C15H9Cl2F4NO2. The number of carbonyl (C=O) groups excluding carboxylic acids is 1. The first-order valence-electron chi connectivity index (χ1n) is 6.41. The molecule has 1 N–H and O–H groups in total. The molecule has 2 aromatic rings. The minimum absolute atomic E-state index is 0.126. The van der Waals surface area contributed by atoms with Gasteiger partial charge in [-0.3, -0.25) is 4.79 Å². The Kier molecular flexibility index (Phi) is 5.56. The van der Waals surface area contributed by atoms with E-state index in [1.54, 1.807) is 0 Å². The number of nitrogens with one attached hydrogen (secondary N) is 1. The second kappa shape index (κ2) is 7.27. The summed E-state index contributed by atoms with van der Waals surface area (Å²) in [6.45, 7) is -1.55. The van der Waals surface area contributed by atoms with Crippen LogP contribution in [0.3, 0.4) is 0 Å². The molecule has 0 aliphatic heterocycles. The van der Waals surface area contributed by atoms with Crippen LogP contribution >= 0.6 is 23.2 Å². The third-order valence-corrected chi connectivity index (χ3v) is 3.22. The summed E-state index contributed by atoms with van der Waals surface area (Å²) >= 11 is 11.5. The van der Waals surface area contributed by atoms with Crippen molar-refractivity contribution in [2.24, 2.45) is 0 Å². The maximum Gasteiger partial charge on any atom is 0.422 e. The monoisotopic (exact) mass is 381 g/mol. The van der Waals surface area contributed by atoms with Gasteiger partial charge in [-0.05, 0) is 36.4 Å². The first-order valence-corrected chi connectivity index (χ1v) is 7.17. The Labute approximate surface area is 144 Å². The van der Waals surface area contributed by atoms with E-state index in [-0.39, 0.29) is 27.0 Å². The summed E-state index contributed by atoms with van der Waals surface area (Å²) in [5, 5.41) is 2.53. The van der Waals surface area contributed by atoms with E-state index in [1.807, 2.05) is 0 Å². The van der Waals surface area contributed by atoms with Gasteiger partial charge in [0.1, 0.15) is 11.6 Å². The fourth-order valence-corrected chi connectivity index (χ4v) is 2.09. The van der Waals surface area contributed by atoms with Gasteiger partial charge in [-0.2, -0.15) is 13.2 Å². The van der Waals surface area contributed by atoms with Crippen molar-refractivity contribution < 1.29 is 27.1 Å². The number of anilines is 1. The lowest BCUT2D eigenvalue weighted by molar-refractivity contribution is -0.153. The van der Waals surface area contributed by atoms with E-state index in [2.05, 4.69) is 10.1 Å². The second-order valence-electron chi connectivity index (χ2n) is 4.62. The van der Waals surface area contributed by atoms with E-state index in [1.165, 1.54) is 18.2 Å². The summed E-state index contributed by atoms with van der Waals surface area (Å²) in [6.07, 6.45) is -4.56. The Morgan fingerprint density at radius 3 is 2.38 bits per heavy atom. The second-order valence-corrected chi connectivity index (χ2v) is 5.50. The molecule has 0 fully saturated rings. The molecular weight excluding hydrogens is 373 g/mol. The summed E-state index contributed by atoms with van der Waals surface area (Å²) < 4.78 is 55.1. The van der Waals surface area contributed by atoms with E-state index in [0.29, 0.717) is 0 Å².